The van der Waals surface area contributed by atoms with Gasteiger partial charge in [-0.3, -0.25) is 4.79 Å². The Hall–Kier alpha value is -1.59. The first-order valence-corrected chi connectivity index (χ1v) is 6.23. The first-order valence-electron chi connectivity index (χ1n) is 7.98. The number of carbonyl (C=O) groups is 1. The fraction of sp³-hybridized carbons (Fsp3) is 0.500. The number of rotatable bonds is 9. The lowest BCUT2D eigenvalue weighted by molar-refractivity contribution is -0.117. The predicted octanol–water partition coefficient (Wildman–Crippen LogP) is 0.452. The van der Waals surface area contributed by atoms with Crippen LogP contribution in [0.4, 0.5) is 0 Å². The molecule has 0 radical (unpaired) electrons. The minimum absolute atomic E-state index is 0.0199. The molecule has 106 valence electrons. The Labute approximate surface area is 119 Å². The zero-order valence-electron chi connectivity index (χ0n) is 15.2. The molecular formula is C14H22N2O3. The van der Waals surface area contributed by atoms with Crippen LogP contribution in [0.25, 0.3) is 0 Å². The normalized spacial score (nSPS) is 15.4. The average Bonchev–Trinajstić information content (AvgIpc) is 2.52. The minimum Gasteiger partial charge on any atom is -0.491 e. The van der Waals surface area contributed by atoms with Crippen molar-refractivity contribution in [3.8, 4) is 5.75 Å². The number of aliphatic hydroxyl groups excluding tert-OH is 1. The highest BCUT2D eigenvalue weighted by Gasteiger charge is 2.06. The van der Waals surface area contributed by atoms with Gasteiger partial charge in [0.1, 0.15) is 19.9 Å². The average molecular weight is 270 g/mol. The first-order chi connectivity index (χ1) is 10.8. The van der Waals surface area contributed by atoms with Crippen LogP contribution in [0.5, 0.6) is 5.75 Å². The summed E-state index contributed by atoms with van der Waals surface area (Å²) < 4.78 is 34.0. The van der Waals surface area contributed by atoms with E-state index in [1.807, 2.05) is 13.8 Å². The molecule has 0 aliphatic heterocycles. The Morgan fingerprint density at radius 2 is 2.32 bits per heavy atom. The van der Waals surface area contributed by atoms with Gasteiger partial charge in [0.05, 0.1) is 6.42 Å². The third kappa shape index (κ3) is 6.79. The van der Waals surface area contributed by atoms with Crippen LogP contribution < -0.4 is 15.8 Å². The van der Waals surface area contributed by atoms with E-state index in [1.54, 1.807) is 24.3 Å². The summed E-state index contributed by atoms with van der Waals surface area (Å²) >= 11 is 0. The monoisotopic (exact) mass is 270 g/mol. The maximum Gasteiger partial charge on any atom is 0.221 e. The summed E-state index contributed by atoms with van der Waals surface area (Å²) in [5.74, 6) is -0.0662. The Morgan fingerprint density at radius 3 is 2.89 bits per heavy atom. The van der Waals surface area contributed by atoms with Crippen molar-refractivity contribution in [3.05, 3.63) is 29.8 Å². The number of amides is 1. The number of aliphatic hydroxyl groups is 1. The Kier molecular flexibility index (Phi) is 4.18. The highest BCUT2D eigenvalue weighted by Crippen LogP contribution is 2.12. The van der Waals surface area contributed by atoms with E-state index in [2.05, 4.69) is 5.11 Å². The van der Waals surface area contributed by atoms with Crippen molar-refractivity contribution >= 4 is 5.91 Å². The smallest absolute Gasteiger partial charge is 0.221 e. The lowest BCUT2D eigenvalue weighted by atomic mass is 10.1. The van der Waals surface area contributed by atoms with E-state index in [0.717, 1.165) is 0 Å². The minimum atomic E-state index is -0.620. The number of hydrogen-bond acceptors (Lipinski definition) is 4. The van der Waals surface area contributed by atoms with Gasteiger partial charge >= 0.3 is 0 Å². The molecule has 0 saturated carbocycles. The fourth-order valence-electron chi connectivity index (χ4n) is 1.45. The highest BCUT2D eigenvalue weighted by atomic mass is 16.5. The second kappa shape index (κ2) is 7.76. The van der Waals surface area contributed by atoms with Gasteiger partial charge in [0.25, 0.3) is 0 Å². The quantitative estimate of drug-likeness (QED) is 0.608. The molecule has 1 aromatic carbocycles. The molecule has 1 rings (SSSR count). The van der Waals surface area contributed by atoms with Gasteiger partial charge in [0.2, 0.25) is 7.34 Å². The Morgan fingerprint density at radius 1 is 1.58 bits per heavy atom. The SMILES string of the molecule is [2H]OC(COc1ccc(CC(=O)N([2H])[2H])cc1)CN([2H])C(C)C. The summed E-state index contributed by atoms with van der Waals surface area (Å²) in [5.41, 5.74) is 0.736. The number of hydrogen-bond donors (Lipinski definition) is 3. The van der Waals surface area contributed by atoms with Crippen molar-refractivity contribution in [2.24, 2.45) is 5.72 Å². The Bertz CT molecular complexity index is 485. The van der Waals surface area contributed by atoms with Crippen LogP contribution in [0.2, 0.25) is 4.24 Å². The molecule has 0 bridgehead atoms. The second-order valence-electron chi connectivity index (χ2n) is 4.61. The number of primary amides is 1. The van der Waals surface area contributed by atoms with Crippen molar-refractivity contribution in [1.82, 2.24) is 5.31 Å². The lowest BCUT2D eigenvalue weighted by Gasteiger charge is -2.15. The summed E-state index contributed by atoms with van der Waals surface area (Å²) in [6.45, 7) is 4.15. The molecule has 5 heteroatoms. The molecule has 0 heterocycles. The molecule has 1 unspecified atom stereocenters. The van der Waals surface area contributed by atoms with Crippen molar-refractivity contribution in [2.75, 3.05) is 13.2 Å². The molecule has 1 amide bonds. The summed E-state index contributed by atoms with van der Waals surface area (Å²) in [7, 11) is 0. The van der Waals surface area contributed by atoms with Crippen molar-refractivity contribution < 1.29 is 18.9 Å². The largest absolute Gasteiger partial charge is 0.491 e. The van der Waals surface area contributed by atoms with Gasteiger partial charge < -0.3 is 20.9 Å². The topological polar surface area (TPSA) is 84.6 Å². The van der Waals surface area contributed by atoms with Crippen LogP contribution in [-0.2, 0) is 11.2 Å². The fourth-order valence-corrected chi connectivity index (χ4v) is 1.45. The van der Waals surface area contributed by atoms with Crippen LogP contribution in [0.1, 0.15) is 19.4 Å². The van der Waals surface area contributed by atoms with E-state index in [-0.39, 0.29) is 31.3 Å². The van der Waals surface area contributed by atoms with Crippen LogP contribution >= 0.6 is 0 Å². The molecule has 5 nitrogen and oxygen atoms in total. The van der Waals surface area contributed by atoms with Crippen molar-refractivity contribution in [2.45, 2.75) is 32.4 Å². The molecule has 0 aromatic heterocycles. The van der Waals surface area contributed by atoms with E-state index in [9.17, 15) is 4.79 Å². The number of ether oxygens (including phenoxy) is 1. The molecule has 0 aliphatic carbocycles. The number of benzene rings is 1. The van der Waals surface area contributed by atoms with E-state index in [4.69, 9.17) is 10.4 Å². The lowest BCUT2D eigenvalue weighted by Crippen LogP contribution is -2.35. The summed E-state index contributed by atoms with van der Waals surface area (Å²) in [5, 5.41) is 5.89. The van der Waals surface area contributed by atoms with Gasteiger partial charge in [-0.25, -0.2) is 0 Å². The predicted molar refractivity (Wildman–Crippen MR) is 74.0 cm³/mol. The zero-order valence-corrected chi connectivity index (χ0v) is 11.2. The first kappa shape index (κ1) is 10.2. The maximum absolute atomic E-state index is 11.3. The molecule has 19 heavy (non-hydrogen) atoms. The van der Waals surface area contributed by atoms with E-state index >= 15 is 0 Å². The Balaban J connectivity index is 2.49. The van der Waals surface area contributed by atoms with Gasteiger partial charge in [0, 0.05) is 12.6 Å². The summed E-state index contributed by atoms with van der Waals surface area (Å²) in [6, 6.07) is 6.72. The molecule has 0 spiro atoms. The van der Waals surface area contributed by atoms with E-state index in [0.29, 0.717) is 11.3 Å². The highest BCUT2D eigenvalue weighted by molar-refractivity contribution is 5.76. The van der Waals surface area contributed by atoms with Gasteiger partial charge in [0.15, 0.2) is 2.82 Å². The molecule has 0 fully saturated rings. The van der Waals surface area contributed by atoms with E-state index in [1.165, 1.54) is 5.31 Å². The zero-order chi connectivity index (χ0) is 17.4. The molecule has 0 saturated heterocycles. The van der Waals surface area contributed by atoms with Crippen LogP contribution in [0.3, 0.4) is 0 Å². The van der Waals surface area contributed by atoms with E-state index < -0.39 is 12.0 Å². The van der Waals surface area contributed by atoms with Gasteiger partial charge in [-0.15, -0.1) is 0 Å². The third-order valence-corrected chi connectivity index (χ3v) is 2.39. The van der Waals surface area contributed by atoms with Crippen molar-refractivity contribution in [3.63, 3.8) is 0 Å². The maximum atomic E-state index is 11.3. The number of nitrogens with two attached hydrogens (primary N) is 1. The summed E-state index contributed by atoms with van der Waals surface area (Å²) in [4.78, 5) is 11.3. The second-order valence-corrected chi connectivity index (χ2v) is 4.61. The molecule has 1 aromatic rings. The number of carbonyl (C=O) groups excluding carboxylic acids is 1. The molecular weight excluding hydrogens is 244 g/mol. The van der Waals surface area contributed by atoms with Gasteiger partial charge in [-0.2, -0.15) is 0 Å². The summed E-state index contributed by atoms with van der Waals surface area (Å²) in [6.07, 6.45) is -0.565. The van der Waals surface area contributed by atoms with Crippen LogP contribution in [-0.4, -0.2) is 37.7 Å². The molecule has 1 atom stereocenters. The third-order valence-electron chi connectivity index (χ3n) is 2.39. The van der Waals surface area contributed by atoms with Crippen LogP contribution in [0.15, 0.2) is 24.3 Å². The molecule has 4 N–H and O–H groups in total. The number of nitrogens with one attached hydrogen (secondary N) is 1. The van der Waals surface area contributed by atoms with Gasteiger partial charge in [-0.05, 0) is 17.7 Å². The van der Waals surface area contributed by atoms with Gasteiger partial charge in [-0.1, -0.05) is 26.0 Å². The molecule has 0 aliphatic rings. The standard InChI is InChI=1S/C14H22N2O3/c1-10(2)16-8-12(17)9-19-13-5-3-11(4-6-13)7-14(15)18/h3-6,10,12,16-17H,7-9H2,1-2H3,(H2,15,18)/i17D/hD3. The van der Waals surface area contributed by atoms with Crippen LogP contribution in [0, 0.1) is 0 Å². The van der Waals surface area contributed by atoms with Crippen molar-refractivity contribution in [1.29, 1.82) is 1.43 Å².